The van der Waals surface area contributed by atoms with Crippen molar-refractivity contribution in [1.82, 2.24) is 14.7 Å². The predicted molar refractivity (Wildman–Crippen MR) is 101 cm³/mol. The van der Waals surface area contributed by atoms with E-state index in [4.69, 9.17) is 0 Å². The van der Waals surface area contributed by atoms with E-state index in [1.807, 2.05) is 30.3 Å². The fraction of sp³-hybridized carbons (Fsp3) is 0.190. The average Bonchev–Trinajstić information content (AvgIpc) is 2.69. The van der Waals surface area contributed by atoms with Gasteiger partial charge in [0, 0.05) is 19.7 Å². The summed E-state index contributed by atoms with van der Waals surface area (Å²) in [7, 11) is 1.73. The van der Waals surface area contributed by atoms with Gasteiger partial charge in [-0.25, -0.2) is 0 Å². The molecule has 3 aromatic rings. The number of amides is 1. The first-order chi connectivity index (χ1) is 12.6. The van der Waals surface area contributed by atoms with Gasteiger partial charge in [0.2, 0.25) is 0 Å². The monoisotopic (exact) mass is 347 g/mol. The largest absolute Gasteiger partial charge is 0.336 e. The number of carbonyl (C=O) groups excluding carboxylic acids is 1. The van der Waals surface area contributed by atoms with Crippen LogP contribution in [0.1, 0.15) is 28.5 Å². The number of hydrogen-bond acceptors (Lipinski definition) is 3. The maximum Gasteiger partial charge on any atom is 0.274 e. The minimum atomic E-state index is -0.273. The Bertz CT molecular complexity index is 947. The quantitative estimate of drug-likeness (QED) is 0.713. The summed E-state index contributed by atoms with van der Waals surface area (Å²) in [5.74, 6) is -0.228. The van der Waals surface area contributed by atoms with Crippen LogP contribution in [0.5, 0.6) is 0 Å². The molecule has 26 heavy (non-hydrogen) atoms. The lowest BCUT2D eigenvalue weighted by molar-refractivity contribution is 0.0777. The summed E-state index contributed by atoms with van der Waals surface area (Å²) in [6, 6.07) is 20.1. The molecule has 0 atom stereocenters. The van der Waals surface area contributed by atoms with Gasteiger partial charge in [0.25, 0.3) is 11.5 Å². The van der Waals surface area contributed by atoms with Gasteiger partial charge in [0.15, 0.2) is 0 Å². The van der Waals surface area contributed by atoms with E-state index in [0.717, 1.165) is 12.0 Å². The number of rotatable bonds is 5. The number of aromatic nitrogens is 2. The van der Waals surface area contributed by atoms with Crippen LogP contribution in [0.15, 0.2) is 71.5 Å². The lowest BCUT2D eigenvalue weighted by atomic mass is 10.1. The van der Waals surface area contributed by atoms with Gasteiger partial charge in [-0.3, -0.25) is 9.59 Å². The second-order valence-electron chi connectivity index (χ2n) is 6.14. The Balaban J connectivity index is 1.81. The molecule has 0 N–H and O–H groups in total. The lowest BCUT2D eigenvalue weighted by Crippen LogP contribution is -2.30. The Labute approximate surface area is 152 Å². The highest BCUT2D eigenvalue weighted by Gasteiger charge is 2.15. The molecule has 0 spiro atoms. The number of aryl methyl sites for hydroxylation is 1. The van der Waals surface area contributed by atoms with Crippen LogP contribution in [0.4, 0.5) is 0 Å². The van der Waals surface area contributed by atoms with Crippen LogP contribution in [0.25, 0.3) is 5.69 Å². The summed E-state index contributed by atoms with van der Waals surface area (Å²) in [6.07, 6.45) is 0.986. The fourth-order valence-corrected chi connectivity index (χ4v) is 2.70. The van der Waals surface area contributed by atoms with Crippen LogP contribution in [0, 0.1) is 0 Å². The molecule has 5 heteroatoms. The highest BCUT2D eigenvalue weighted by Crippen LogP contribution is 2.10. The predicted octanol–water partition coefficient (Wildman–Crippen LogP) is 3.07. The smallest absolute Gasteiger partial charge is 0.274 e. The Morgan fingerprint density at radius 3 is 2.27 bits per heavy atom. The first-order valence-corrected chi connectivity index (χ1v) is 8.57. The van der Waals surface area contributed by atoms with Gasteiger partial charge in [-0.15, -0.1) is 0 Å². The maximum absolute atomic E-state index is 12.7. The molecule has 1 heterocycles. The molecule has 3 rings (SSSR count). The zero-order chi connectivity index (χ0) is 18.5. The van der Waals surface area contributed by atoms with Gasteiger partial charge in [-0.1, -0.05) is 49.4 Å². The molecule has 0 aliphatic rings. The lowest BCUT2D eigenvalue weighted by Gasteiger charge is -2.17. The number of para-hydroxylation sites is 1. The summed E-state index contributed by atoms with van der Waals surface area (Å²) in [6.45, 7) is 2.59. The molecular formula is C21H21N3O2. The number of benzene rings is 2. The van der Waals surface area contributed by atoms with Crippen LogP contribution in [-0.2, 0) is 13.0 Å². The van der Waals surface area contributed by atoms with Crippen molar-refractivity contribution in [3.63, 3.8) is 0 Å². The minimum Gasteiger partial charge on any atom is -0.336 e. The Kier molecular flexibility index (Phi) is 5.27. The summed E-state index contributed by atoms with van der Waals surface area (Å²) < 4.78 is 1.25. The molecule has 1 amide bonds. The van der Waals surface area contributed by atoms with Crippen molar-refractivity contribution in [3.05, 3.63) is 93.9 Å². The third-order valence-electron chi connectivity index (χ3n) is 4.22. The number of carbonyl (C=O) groups is 1. The average molecular weight is 347 g/mol. The first-order valence-electron chi connectivity index (χ1n) is 8.57. The van der Waals surface area contributed by atoms with E-state index < -0.39 is 0 Å². The van der Waals surface area contributed by atoms with Crippen LogP contribution < -0.4 is 5.56 Å². The van der Waals surface area contributed by atoms with E-state index in [-0.39, 0.29) is 17.2 Å². The van der Waals surface area contributed by atoms with Crippen molar-refractivity contribution < 1.29 is 4.79 Å². The van der Waals surface area contributed by atoms with E-state index in [1.54, 1.807) is 24.1 Å². The summed E-state index contributed by atoms with van der Waals surface area (Å²) in [4.78, 5) is 26.4. The third-order valence-corrected chi connectivity index (χ3v) is 4.22. The Hall–Kier alpha value is -3.21. The summed E-state index contributed by atoms with van der Waals surface area (Å²) >= 11 is 0. The van der Waals surface area contributed by atoms with Crippen LogP contribution >= 0.6 is 0 Å². The zero-order valence-electron chi connectivity index (χ0n) is 14.9. The van der Waals surface area contributed by atoms with Gasteiger partial charge in [-0.05, 0) is 35.7 Å². The zero-order valence-corrected chi connectivity index (χ0v) is 14.9. The van der Waals surface area contributed by atoms with Crippen molar-refractivity contribution in [3.8, 4) is 5.69 Å². The van der Waals surface area contributed by atoms with Crippen molar-refractivity contribution in [1.29, 1.82) is 0 Å². The molecule has 5 nitrogen and oxygen atoms in total. The third kappa shape index (κ3) is 3.88. The molecule has 0 fully saturated rings. The maximum atomic E-state index is 12.7. The second-order valence-corrected chi connectivity index (χ2v) is 6.14. The Morgan fingerprint density at radius 1 is 0.962 bits per heavy atom. The van der Waals surface area contributed by atoms with E-state index in [0.29, 0.717) is 12.2 Å². The molecule has 2 aromatic carbocycles. The number of hydrogen-bond donors (Lipinski definition) is 0. The normalized spacial score (nSPS) is 10.5. The standard InChI is InChI=1S/C21H21N3O2/c1-3-16-9-11-17(12-10-16)15-23(2)21(26)19-13-14-20(25)24(22-19)18-7-5-4-6-8-18/h4-14H,3,15H2,1-2H3. The highest BCUT2D eigenvalue weighted by atomic mass is 16.2. The molecule has 0 radical (unpaired) electrons. The van der Waals surface area contributed by atoms with Gasteiger partial charge in [-0.2, -0.15) is 9.78 Å². The van der Waals surface area contributed by atoms with Crippen molar-refractivity contribution in [2.75, 3.05) is 7.05 Å². The minimum absolute atomic E-state index is 0.228. The highest BCUT2D eigenvalue weighted by molar-refractivity contribution is 5.91. The second kappa shape index (κ2) is 7.78. The van der Waals surface area contributed by atoms with Gasteiger partial charge in [0.1, 0.15) is 5.69 Å². The molecule has 0 unspecified atom stereocenters. The van der Waals surface area contributed by atoms with Crippen molar-refractivity contribution >= 4 is 5.91 Å². The van der Waals surface area contributed by atoms with Gasteiger partial charge >= 0.3 is 0 Å². The SMILES string of the molecule is CCc1ccc(CN(C)C(=O)c2ccc(=O)n(-c3ccccc3)n2)cc1. The first kappa shape index (κ1) is 17.6. The number of nitrogens with zero attached hydrogens (tertiary/aromatic N) is 3. The van der Waals surface area contributed by atoms with Gasteiger partial charge in [0.05, 0.1) is 5.69 Å². The summed E-state index contributed by atoms with van der Waals surface area (Å²) in [5, 5.41) is 4.25. The topological polar surface area (TPSA) is 55.2 Å². The van der Waals surface area contributed by atoms with Gasteiger partial charge < -0.3 is 4.90 Å². The molecule has 0 saturated heterocycles. The molecule has 0 bridgehead atoms. The molecule has 0 aliphatic carbocycles. The Morgan fingerprint density at radius 2 is 1.62 bits per heavy atom. The molecule has 1 aromatic heterocycles. The van der Waals surface area contributed by atoms with Crippen LogP contribution in [-0.4, -0.2) is 27.6 Å². The van der Waals surface area contributed by atoms with E-state index >= 15 is 0 Å². The van der Waals surface area contributed by atoms with Crippen molar-refractivity contribution in [2.45, 2.75) is 19.9 Å². The van der Waals surface area contributed by atoms with E-state index in [2.05, 4.69) is 24.2 Å². The molecule has 0 aliphatic heterocycles. The molecule has 0 saturated carbocycles. The molecular weight excluding hydrogens is 326 g/mol. The molecule has 132 valence electrons. The fourth-order valence-electron chi connectivity index (χ4n) is 2.70. The van der Waals surface area contributed by atoms with Crippen LogP contribution in [0.2, 0.25) is 0 Å². The van der Waals surface area contributed by atoms with Crippen molar-refractivity contribution in [2.24, 2.45) is 0 Å². The van der Waals surface area contributed by atoms with E-state index in [1.165, 1.54) is 22.4 Å². The summed E-state index contributed by atoms with van der Waals surface area (Å²) in [5.41, 5.74) is 2.91. The van der Waals surface area contributed by atoms with Crippen LogP contribution in [0.3, 0.4) is 0 Å². The van der Waals surface area contributed by atoms with E-state index in [9.17, 15) is 9.59 Å².